The van der Waals surface area contributed by atoms with Gasteiger partial charge in [-0.25, -0.2) is 0 Å². The zero-order valence-corrected chi connectivity index (χ0v) is 17.4. The number of carbonyl (C=O) groups excluding carboxylic acids is 1. The fourth-order valence-corrected chi connectivity index (χ4v) is 4.25. The van der Waals surface area contributed by atoms with Gasteiger partial charge in [-0.3, -0.25) is 9.78 Å². The molecule has 5 heteroatoms. The number of carbonyl (C=O) groups is 1. The molecule has 0 aliphatic heterocycles. The molecule has 0 unspecified atom stereocenters. The van der Waals surface area contributed by atoms with Gasteiger partial charge in [-0.2, -0.15) is 0 Å². The lowest BCUT2D eigenvalue weighted by atomic mass is 9.72. The number of benzene rings is 1. The topological polar surface area (TPSA) is 71.5 Å². The van der Waals surface area contributed by atoms with Gasteiger partial charge >= 0.3 is 0 Å². The highest BCUT2D eigenvalue weighted by Crippen LogP contribution is 2.43. The Morgan fingerprint density at radius 3 is 2.97 bits per heavy atom. The maximum absolute atomic E-state index is 12.8. The molecule has 5 nitrogen and oxygen atoms in total. The van der Waals surface area contributed by atoms with Crippen LogP contribution in [0.5, 0.6) is 5.75 Å². The van der Waals surface area contributed by atoms with Crippen molar-refractivity contribution >= 4 is 5.91 Å². The number of aromatic nitrogens is 1. The molecule has 2 N–H and O–H groups in total. The van der Waals surface area contributed by atoms with E-state index in [0.29, 0.717) is 13.2 Å². The predicted octanol–water partition coefficient (Wildman–Crippen LogP) is 3.81. The highest BCUT2D eigenvalue weighted by atomic mass is 16.5. The molecular formula is C24H30N2O3. The maximum Gasteiger partial charge on any atom is 0.223 e. The predicted molar refractivity (Wildman–Crippen MR) is 114 cm³/mol. The Morgan fingerprint density at radius 1 is 1.48 bits per heavy atom. The van der Waals surface area contributed by atoms with Crippen molar-refractivity contribution in [1.82, 2.24) is 10.3 Å². The number of ether oxygens (including phenoxy) is 1. The third-order valence-corrected chi connectivity index (χ3v) is 5.95. The summed E-state index contributed by atoms with van der Waals surface area (Å²) in [4.78, 5) is 16.8. The molecule has 1 aromatic carbocycles. The van der Waals surface area contributed by atoms with E-state index in [4.69, 9.17) is 4.74 Å². The Hall–Kier alpha value is -2.66. The highest BCUT2D eigenvalue weighted by molar-refractivity contribution is 5.78. The number of pyridine rings is 1. The smallest absolute Gasteiger partial charge is 0.223 e. The molecule has 3 rings (SSSR count). The molecule has 154 valence electrons. The van der Waals surface area contributed by atoms with Crippen LogP contribution < -0.4 is 10.1 Å². The van der Waals surface area contributed by atoms with Gasteiger partial charge in [0, 0.05) is 30.8 Å². The van der Waals surface area contributed by atoms with Crippen LogP contribution >= 0.6 is 0 Å². The van der Waals surface area contributed by atoms with Gasteiger partial charge in [0.2, 0.25) is 5.91 Å². The van der Waals surface area contributed by atoms with E-state index >= 15 is 0 Å². The van der Waals surface area contributed by atoms with Gasteiger partial charge in [0.05, 0.1) is 6.10 Å². The average molecular weight is 395 g/mol. The normalized spacial score (nSPS) is 19.2. The van der Waals surface area contributed by atoms with E-state index in [1.165, 1.54) is 5.56 Å². The lowest BCUT2D eigenvalue weighted by Gasteiger charge is -2.36. The number of nitrogens with zero attached hydrogens (tertiary/aromatic N) is 1. The molecule has 29 heavy (non-hydrogen) atoms. The van der Waals surface area contributed by atoms with Crippen molar-refractivity contribution in [1.29, 1.82) is 0 Å². The second kappa shape index (κ2) is 9.23. The SMILES string of the molecule is C=CCOc1cc(C)c2c(c1C)[C@H](O)[C@H]([C@H](C)C(=O)NCc1cccnc1)CC2. The van der Waals surface area contributed by atoms with Gasteiger partial charge in [-0.1, -0.05) is 25.6 Å². The first-order valence-corrected chi connectivity index (χ1v) is 10.1. The Balaban J connectivity index is 1.77. The Kier molecular flexibility index (Phi) is 6.70. The van der Waals surface area contributed by atoms with E-state index in [0.717, 1.165) is 40.8 Å². The van der Waals surface area contributed by atoms with E-state index in [1.54, 1.807) is 18.5 Å². The first kappa shape index (κ1) is 21.1. The number of rotatable bonds is 7. The van der Waals surface area contributed by atoms with E-state index in [9.17, 15) is 9.90 Å². The van der Waals surface area contributed by atoms with Crippen LogP contribution in [0, 0.1) is 25.7 Å². The number of aryl methyl sites for hydroxylation is 1. The summed E-state index contributed by atoms with van der Waals surface area (Å²) in [5.74, 6) is 0.292. The first-order valence-electron chi connectivity index (χ1n) is 10.1. The lowest BCUT2D eigenvalue weighted by molar-refractivity contribution is -0.128. The molecule has 1 amide bonds. The molecule has 0 fully saturated rings. The summed E-state index contributed by atoms with van der Waals surface area (Å²) in [7, 11) is 0. The fraction of sp³-hybridized carbons (Fsp3) is 0.417. The third kappa shape index (κ3) is 4.51. The van der Waals surface area contributed by atoms with Crippen LogP contribution in [0.2, 0.25) is 0 Å². The van der Waals surface area contributed by atoms with Crippen LogP contribution in [0.4, 0.5) is 0 Å². The molecule has 1 aromatic heterocycles. The van der Waals surface area contributed by atoms with E-state index in [-0.39, 0.29) is 17.7 Å². The summed E-state index contributed by atoms with van der Waals surface area (Å²) in [6.07, 6.45) is 6.11. The molecule has 1 aliphatic rings. The molecule has 2 aromatic rings. The Morgan fingerprint density at radius 2 is 2.28 bits per heavy atom. The summed E-state index contributed by atoms with van der Waals surface area (Å²) in [6, 6.07) is 5.82. The molecule has 0 spiro atoms. The first-order chi connectivity index (χ1) is 13.9. The largest absolute Gasteiger partial charge is 0.489 e. The van der Waals surface area contributed by atoms with Crippen molar-refractivity contribution in [3.05, 3.63) is 71.1 Å². The molecule has 0 saturated carbocycles. The zero-order valence-electron chi connectivity index (χ0n) is 17.4. The van der Waals surface area contributed by atoms with Crippen LogP contribution in [0.1, 0.15) is 47.3 Å². The zero-order chi connectivity index (χ0) is 21.0. The van der Waals surface area contributed by atoms with E-state index in [1.807, 2.05) is 32.0 Å². The van der Waals surface area contributed by atoms with Gasteiger partial charge in [0.1, 0.15) is 12.4 Å². The number of aliphatic hydroxyl groups is 1. The van der Waals surface area contributed by atoms with Gasteiger partial charge < -0.3 is 15.2 Å². The number of aliphatic hydroxyl groups excluding tert-OH is 1. The van der Waals surface area contributed by atoms with Crippen LogP contribution in [0.3, 0.4) is 0 Å². The van der Waals surface area contributed by atoms with Crippen molar-refractivity contribution in [2.24, 2.45) is 11.8 Å². The van der Waals surface area contributed by atoms with Gasteiger partial charge in [0.15, 0.2) is 0 Å². The average Bonchev–Trinajstić information content (AvgIpc) is 2.73. The summed E-state index contributed by atoms with van der Waals surface area (Å²) in [6.45, 7) is 10.5. The van der Waals surface area contributed by atoms with Crippen molar-refractivity contribution < 1.29 is 14.6 Å². The Labute approximate surface area is 172 Å². The molecule has 1 heterocycles. The standard InChI is InChI=1S/C24H30N2O3/c1-5-11-29-21-12-15(2)19-8-9-20(23(27)22(19)17(21)4)16(3)24(28)26-14-18-7-6-10-25-13-18/h5-7,10,12-13,16,20,23,27H,1,8-9,11,14H2,2-4H3,(H,26,28)/t16-,20-,23+/m0/s1. The van der Waals surface area contributed by atoms with Crippen LogP contribution in [0.25, 0.3) is 0 Å². The number of hydrogen-bond acceptors (Lipinski definition) is 4. The lowest BCUT2D eigenvalue weighted by Crippen LogP contribution is -2.37. The monoisotopic (exact) mass is 394 g/mol. The van der Waals surface area contributed by atoms with Gasteiger partial charge in [-0.05, 0) is 66.6 Å². The minimum Gasteiger partial charge on any atom is -0.489 e. The second-order valence-corrected chi connectivity index (χ2v) is 7.82. The molecular weight excluding hydrogens is 364 g/mol. The van der Waals surface area contributed by atoms with Crippen LogP contribution in [-0.4, -0.2) is 22.6 Å². The minimum absolute atomic E-state index is 0.0465. The summed E-state index contributed by atoms with van der Waals surface area (Å²) in [5.41, 5.74) is 5.13. The summed E-state index contributed by atoms with van der Waals surface area (Å²) >= 11 is 0. The fourth-order valence-electron chi connectivity index (χ4n) is 4.25. The summed E-state index contributed by atoms with van der Waals surface area (Å²) in [5, 5.41) is 14.2. The van der Waals surface area contributed by atoms with E-state index < -0.39 is 6.10 Å². The van der Waals surface area contributed by atoms with Crippen LogP contribution in [-0.2, 0) is 17.8 Å². The Bertz CT molecular complexity index is 879. The quantitative estimate of drug-likeness (QED) is 0.701. The number of nitrogens with one attached hydrogen (secondary N) is 1. The molecule has 1 aliphatic carbocycles. The molecule has 3 atom stereocenters. The van der Waals surface area contributed by atoms with Crippen molar-refractivity contribution in [3.8, 4) is 5.75 Å². The molecule has 0 radical (unpaired) electrons. The highest BCUT2D eigenvalue weighted by Gasteiger charge is 2.37. The van der Waals surface area contributed by atoms with Crippen molar-refractivity contribution in [3.63, 3.8) is 0 Å². The number of fused-ring (bicyclic) bond motifs is 1. The van der Waals surface area contributed by atoms with Crippen LogP contribution in [0.15, 0.2) is 43.2 Å². The maximum atomic E-state index is 12.8. The van der Waals surface area contributed by atoms with Gasteiger partial charge in [0.25, 0.3) is 0 Å². The minimum atomic E-state index is -0.691. The number of hydrogen-bond donors (Lipinski definition) is 2. The van der Waals surface area contributed by atoms with Gasteiger partial charge in [-0.15, -0.1) is 0 Å². The summed E-state index contributed by atoms with van der Waals surface area (Å²) < 4.78 is 5.80. The van der Waals surface area contributed by atoms with Crippen molar-refractivity contribution in [2.75, 3.05) is 6.61 Å². The second-order valence-electron chi connectivity index (χ2n) is 7.82. The third-order valence-electron chi connectivity index (χ3n) is 5.95. The number of amides is 1. The molecule has 0 saturated heterocycles. The van der Waals surface area contributed by atoms with Crippen molar-refractivity contribution in [2.45, 2.75) is 46.3 Å². The molecule has 0 bridgehead atoms. The van der Waals surface area contributed by atoms with E-state index in [2.05, 4.69) is 23.8 Å².